The predicted octanol–water partition coefficient (Wildman–Crippen LogP) is 0.521. The number of rotatable bonds is 2. The fourth-order valence-corrected chi connectivity index (χ4v) is 4.99. The molecule has 0 spiro atoms. The number of hydrogen-bond acceptors (Lipinski definition) is 5. The zero-order valence-corrected chi connectivity index (χ0v) is 12.0. The number of aryl methyl sites for hydroxylation is 2. The number of nitrogens with zero attached hydrogens (tertiary/aromatic N) is 2. The van der Waals surface area contributed by atoms with Crippen LogP contribution in [0.3, 0.4) is 0 Å². The average Bonchev–Trinajstić information content (AvgIpc) is 2.95. The fraction of sp³-hybridized carbons (Fsp3) is 0.750. The zero-order valence-electron chi connectivity index (χ0n) is 11.2. The van der Waals surface area contributed by atoms with Crippen LogP contribution >= 0.6 is 0 Å². The summed E-state index contributed by atoms with van der Waals surface area (Å²) in [6, 6.07) is 0. The second-order valence-electron chi connectivity index (χ2n) is 5.48. The molecule has 19 heavy (non-hydrogen) atoms. The van der Waals surface area contributed by atoms with Gasteiger partial charge in [0.05, 0.1) is 0 Å². The highest BCUT2D eigenvalue weighted by Gasteiger charge is 2.39. The number of sulfonamides is 1. The summed E-state index contributed by atoms with van der Waals surface area (Å²) in [5.41, 5.74) is 0.448. The number of hydrogen-bond donors (Lipinski definition) is 1. The molecule has 2 unspecified atom stereocenters. The van der Waals surface area contributed by atoms with Gasteiger partial charge in [-0.1, -0.05) is 5.16 Å². The molecule has 1 aromatic rings. The maximum absolute atomic E-state index is 12.7. The molecular formula is C12H19N3O3S. The van der Waals surface area contributed by atoms with Crippen LogP contribution in [0.25, 0.3) is 0 Å². The Morgan fingerprint density at radius 1 is 1.32 bits per heavy atom. The van der Waals surface area contributed by atoms with Crippen LogP contribution in [0.15, 0.2) is 9.42 Å². The molecule has 0 amide bonds. The van der Waals surface area contributed by atoms with Crippen molar-refractivity contribution in [1.29, 1.82) is 0 Å². The van der Waals surface area contributed by atoms with Crippen molar-refractivity contribution in [3.8, 4) is 0 Å². The van der Waals surface area contributed by atoms with E-state index in [0.29, 0.717) is 36.4 Å². The van der Waals surface area contributed by atoms with Gasteiger partial charge in [0, 0.05) is 13.1 Å². The molecule has 0 radical (unpaired) electrons. The van der Waals surface area contributed by atoms with Crippen molar-refractivity contribution >= 4 is 10.0 Å². The smallest absolute Gasteiger partial charge is 0.248 e. The highest BCUT2D eigenvalue weighted by Crippen LogP contribution is 2.31. The van der Waals surface area contributed by atoms with E-state index in [2.05, 4.69) is 10.5 Å². The first kappa shape index (κ1) is 13.1. The molecule has 1 aromatic heterocycles. The summed E-state index contributed by atoms with van der Waals surface area (Å²) in [6.45, 7) is 6.45. The van der Waals surface area contributed by atoms with Crippen LogP contribution in [0.4, 0.5) is 0 Å². The lowest BCUT2D eigenvalue weighted by molar-refractivity contribution is 0.227. The Morgan fingerprint density at radius 3 is 2.74 bits per heavy atom. The highest BCUT2D eigenvalue weighted by atomic mass is 32.2. The summed E-state index contributed by atoms with van der Waals surface area (Å²) < 4.78 is 32.0. The van der Waals surface area contributed by atoms with Crippen molar-refractivity contribution in [2.75, 3.05) is 26.2 Å². The minimum absolute atomic E-state index is 0.247. The van der Waals surface area contributed by atoms with E-state index in [-0.39, 0.29) is 4.90 Å². The van der Waals surface area contributed by atoms with Gasteiger partial charge in [0.1, 0.15) is 10.6 Å². The fourth-order valence-electron chi connectivity index (χ4n) is 3.19. The maximum atomic E-state index is 12.7. The second kappa shape index (κ2) is 4.57. The first-order valence-electron chi connectivity index (χ1n) is 6.64. The van der Waals surface area contributed by atoms with Crippen LogP contribution < -0.4 is 5.32 Å². The van der Waals surface area contributed by atoms with Gasteiger partial charge in [-0.25, -0.2) is 8.42 Å². The van der Waals surface area contributed by atoms with Crippen LogP contribution in [0.1, 0.15) is 17.9 Å². The number of aromatic nitrogens is 1. The molecule has 2 fully saturated rings. The van der Waals surface area contributed by atoms with E-state index in [0.717, 1.165) is 19.5 Å². The normalized spacial score (nSPS) is 28.5. The third-order valence-electron chi connectivity index (χ3n) is 4.23. The monoisotopic (exact) mass is 285 g/mol. The Bertz CT molecular complexity index is 562. The summed E-state index contributed by atoms with van der Waals surface area (Å²) in [5, 5.41) is 7.09. The van der Waals surface area contributed by atoms with E-state index >= 15 is 0 Å². The zero-order chi connectivity index (χ0) is 13.6. The molecule has 0 saturated carbocycles. The van der Waals surface area contributed by atoms with Gasteiger partial charge in [-0.2, -0.15) is 4.31 Å². The minimum atomic E-state index is -3.47. The molecule has 0 aliphatic carbocycles. The Balaban J connectivity index is 1.89. The molecule has 0 aromatic carbocycles. The quantitative estimate of drug-likeness (QED) is 0.857. The molecule has 7 heteroatoms. The minimum Gasteiger partial charge on any atom is -0.360 e. The van der Waals surface area contributed by atoms with E-state index in [9.17, 15) is 8.42 Å². The second-order valence-corrected chi connectivity index (χ2v) is 7.36. The lowest BCUT2D eigenvalue weighted by atomic mass is 9.90. The summed E-state index contributed by atoms with van der Waals surface area (Å²) in [7, 11) is -3.47. The van der Waals surface area contributed by atoms with E-state index in [1.807, 2.05) is 0 Å². The first-order valence-corrected chi connectivity index (χ1v) is 8.08. The van der Waals surface area contributed by atoms with Gasteiger partial charge in [0.2, 0.25) is 10.0 Å². The lowest BCUT2D eigenvalue weighted by Crippen LogP contribution is -2.43. The van der Waals surface area contributed by atoms with Gasteiger partial charge in [0.25, 0.3) is 0 Å². The number of nitrogens with one attached hydrogen (secondary N) is 1. The van der Waals surface area contributed by atoms with Gasteiger partial charge < -0.3 is 9.84 Å². The van der Waals surface area contributed by atoms with Crippen LogP contribution in [0.5, 0.6) is 0 Å². The Morgan fingerprint density at radius 2 is 2.05 bits per heavy atom. The standard InChI is InChI=1S/C12H19N3O3S/c1-8-12(9(2)18-14-8)19(16,17)15-4-3-10-5-13-6-11(10)7-15/h10-11,13H,3-7H2,1-2H3. The van der Waals surface area contributed by atoms with Gasteiger partial charge >= 0.3 is 0 Å². The SMILES string of the molecule is Cc1noc(C)c1S(=O)(=O)N1CCC2CNCC2C1. The molecule has 3 heterocycles. The van der Waals surface area contributed by atoms with Crippen molar-refractivity contribution in [2.24, 2.45) is 11.8 Å². The van der Waals surface area contributed by atoms with Crippen molar-refractivity contribution in [3.05, 3.63) is 11.5 Å². The van der Waals surface area contributed by atoms with Gasteiger partial charge in [-0.05, 0) is 45.2 Å². The molecule has 1 N–H and O–H groups in total. The van der Waals surface area contributed by atoms with Gasteiger partial charge in [-0.15, -0.1) is 0 Å². The molecular weight excluding hydrogens is 266 g/mol. The molecule has 2 aliphatic heterocycles. The summed E-state index contributed by atoms with van der Waals surface area (Å²) in [6.07, 6.45) is 0.931. The number of fused-ring (bicyclic) bond motifs is 1. The molecule has 2 aliphatic rings. The third kappa shape index (κ3) is 2.09. The van der Waals surface area contributed by atoms with Crippen molar-refractivity contribution in [1.82, 2.24) is 14.8 Å². The molecule has 0 bridgehead atoms. The largest absolute Gasteiger partial charge is 0.360 e. The molecule has 6 nitrogen and oxygen atoms in total. The Kier molecular flexibility index (Phi) is 3.15. The maximum Gasteiger partial charge on any atom is 0.248 e. The highest BCUT2D eigenvalue weighted by molar-refractivity contribution is 7.89. The van der Waals surface area contributed by atoms with Crippen LogP contribution in [-0.2, 0) is 10.0 Å². The van der Waals surface area contributed by atoms with E-state index < -0.39 is 10.0 Å². The number of piperidine rings is 1. The van der Waals surface area contributed by atoms with Crippen LogP contribution in [0, 0.1) is 25.7 Å². The molecule has 3 rings (SSSR count). The van der Waals surface area contributed by atoms with Crippen LogP contribution in [-0.4, -0.2) is 44.1 Å². The van der Waals surface area contributed by atoms with Crippen molar-refractivity contribution in [3.63, 3.8) is 0 Å². The molecule has 106 valence electrons. The third-order valence-corrected chi connectivity index (χ3v) is 6.34. The Labute approximate surface area is 113 Å². The van der Waals surface area contributed by atoms with Crippen molar-refractivity contribution in [2.45, 2.75) is 25.2 Å². The predicted molar refractivity (Wildman–Crippen MR) is 69.2 cm³/mol. The van der Waals surface area contributed by atoms with Gasteiger partial charge in [-0.3, -0.25) is 0 Å². The van der Waals surface area contributed by atoms with E-state index in [1.165, 1.54) is 0 Å². The van der Waals surface area contributed by atoms with E-state index in [1.54, 1.807) is 18.2 Å². The molecule has 2 atom stereocenters. The topological polar surface area (TPSA) is 75.4 Å². The average molecular weight is 285 g/mol. The summed E-state index contributed by atoms with van der Waals surface area (Å²) in [4.78, 5) is 0.247. The van der Waals surface area contributed by atoms with Crippen LogP contribution in [0.2, 0.25) is 0 Å². The summed E-state index contributed by atoms with van der Waals surface area (Å²) in [5.74, 6) is 1.43. The lowest BCUT2D eigenvalue weighted by Gasteiger charge is -2.33. The Hall–Kier alpha value is -0.920. The summed E-state index contributed by atoms with van der Waals surface area (Å²) >= 11 is 0. The van der Waals surface area contributed by atoms with Gasteiger partial charge in [0.15, 0.2) is 5.76 Å². The van der Waals surface area contributed by atoms with E-state index in [4.69, 9.17) is 4.52 Å². The van der Waals surface area contributed by atoms with Crippen molar-refractivity contribution < 1.29 is 12.9 Å². The molecule has 2 saturated heterocycles. The first-order chi connectivity index (χ1) is 9.00.